The van der Waals surface area contributed by atoms with Crippen molar-refractivity contribution in [2.45, 2.75) is 50.2 Å². The van der Waals surface area contributed by atoms with E-state index in [1.54, 1.807) is 0 Å². The van der Waals surface area contributed by atoms with E-state index in [9.17, 15) is 26.4 Å². The lowest BCUT2D eigenvalue weighted by Crippen LogP contribution is -2.68. The van der Waals surface area contributed by atoms with Crippen LogP contribution in [0.4, 0.5) is 13.2 Å². The van der Waals surface area contributed by atoms with Gasteiger partial charge in [0, 0.05) is 44.7 Å². The van der Waals surface area contributed by atoms with Crippen molar-refractivity contribution in [2.24, 2.45) is 0 Å². The highest BCUT2D eigenvalue weighted by molar-refractivity contribution is 7.88. The van der Waals surface area contributed by atoms with Crippen molar-refractivity contribution < 1.29 is 31.1 Å². The highest BCUT2D eigenvalue weighted by Gasteiger charge is 2.51. The molecule has 3 aliphatic rings. The van der Waals surface area contributed by atoms with Crippen LogP contribution in [0.15, 0.2) is 0 Å². The van der Waals surface area contributed by atoms with E-state index in [2.05, 4.69) is 10.2 Å². The molecule has 3 rings (SSSR count). The monoisotopic (exact) mass is 428 g/mol. The number of piperidine rings is 1. The van der Waals surface area contributed by atoms with Gasteiger partial charge in [-0.25, -0.2) is 8.42 Å². The van der Waals surface area contributed by atoms with Gasteiger partial charge in [0.25, 0.3) is 0 Å². The Morgan fingerprint density at radius 3 is 2.50 bits per heavy atom. The number of nitrogens with one attached hydrogen (secondary N) is 1. The molecule has 0 aromatic rings. The summed E-state index contributed by atoms with van der Waals surface area (Å²) in [6.45, 7) is 2.89. The van der Waals surface area contributed by atoms with Gasteiger partial charge in [-0.05, 0) is 13.3 Å². The van der Waals surface area contributed by atoms with Crippen molar-refractivity contribution in [3.8, 4) is 0 Å². The zero-order chi connectivity index (χ0) is 20.7. The third kappa shape index (κ3) is 4.78. The second-order valence-electron chi connectivity index (χ2n) is 7.75. The van der Waals surface area contributed by atoms with Crippen LogP contribution in [0.5, 0.6) is 0 Å². The molecule has 3 fully saturated rings. The number of morpholine rings is 1. The number of halogens is 3. The minimum absolute atomic E-state index is 0.0313. The van der Waals surface area contributed by atoms with Crippen LogP contribution < -0.4 is 5.32 Å². The normalized spacial score (nSPS) is 35.0. The predicted molar refractivity (Wildman–Crippen MR) is 94.9 cm³/mol. The van der Waals surface area contributed by atoms with Gasteiger partial charge in [-0.15, -0.1) is 0 Å². The number of hydrogen-bond acceptors (Lipinski definition) is 6. The van der Waals surface area contributed by atoms with Crippen molar-refractivity contribution in [2.75, 3.05) is 45.6 Å². The fourth-order valence-corrected chi connectivity index (χ4v) is 5.18. The molecule has 0 aromatic carbocycles. The van der Waals surface area contributed by atoms with E-state index in [1.165, 1.54) is 4.90 Å². The smallest absolute Gasteiger partial charge is 0.379 e. The first-order valence-corrected chi connectivity index (χ1v) is 11.2. The first-order chi connectivity index (χ1) is 13.0. The van der Waals surface area contributed by atoms with Crippen LogP contribution in [-0.2, 0) is 19.6 Å². The standard InChI is InChI=1S/C16H27F3N4O4S/c1-11-10-27-6-5-22(11)12-7-14(20-15(24)8-12)23-4-3-21(28(2,25)26)9-13(23)16(17,18)19/h11-14H,3-10H2,1-2H3,(H,20,24)/t11-,12?,13+,14?/m1/s1. The summed E-state index contributed by atoms with van der Waals surface area (Å²) >= 11 is 0. The zero-order valence-corrected chi connectivity index (χ0v) is 16.8. The summed E-state index contributed by atoms with van der Waals surface area (Å²) in [5, 5.41) is 2.69. The number of ether oxygens (including phenoxy) is 1. The molecule has 28 heavy (non-hydrogen) atoms. The van der Waals surface area contributed by atoms with Crippen molar-refractivity contribution >= 4 is 15.9 Å². The minimum atomic E-state index is -4.60. The molecule has 2 unspecified atom stereocenters. The predicted octanol–water partition coefficient (Wildman–Crippen LogP) is -0.180. The molecule has 12 heteroatoms. The molecule has 0 radical (unpaired) electrons. The summed E-state index contributed by atoms with van der Waals surface area (Å²) in [6.07, 6.45) is -3.88. The Labute approximate surface area is 163 Å². The number of hydrogen-bond donors (Lipinski definition) is 1. The molecule has 0 saturated carbocycles. The third-order valence-corrected chi connectivity index (χ3v) is 7.03. The van der Waals surface area contributed by atoms with E-state index in [0.29, 0.717) is 26.2 Å². The van der Waals surface area contributed by atoms with Crippen LogP contribution in [0, 0.1) is 0 Å². The van der Waals surface area contributed by atoms with Gasteiger partial charge in [-0.3, -0.25) is 14.6 Å². The van der Waals surface area contributed by atoms with Crippen LogP contribution in [0.1, 0.15) is 19.8 Å². The van der Waals surface area contributed by atoms with Gasteiger partial charge in [-0.1, -0.05) is 0 Å². The summed E-state index contributed by atoms with van der Waals surface area (Å²) in [6, 6.07) is -2.03. The second-order valence-corrected chi connectivity index (χ2v) is 9.74. The summed E-state index contributed by atoms with van der Waals surface area (Å²) in [5.74, 6) is -0.286. The summed E-state index contributed by atoms with van der Waals surface area (Å²) < 4.78 is 70.9. The lowest BCUT2D eigenvalue weighted by atomic mass is 9.97. The average molecular weight is 428 g/mol. The topological polar surface area (TPSA) is 82.2 Å². The molecular weight excluding hydrogens is 401 g/mol. The molecular formula is C16H27F3N4O4S. The molecule has 1 amide bonds. The number of sulfonamides is 1. The quantitative estimate of drug-likeness (QED) is 0.672. The maximum Gasteiger partial charge on any atom is 0.405 e. The summed E-state index contributed by atoms with van der Waals surface area (Å²) in [7, 11) is -3.72. The Bertz CT molecular complexity index is 690. The molecule has 0 aromatic heterocycles. The Kier molecular flexibility index (Phi) is 6.26. The van der Waals surface area contributed by atoms with Gasteiger partial charge >= 0.3 is 6.18 Å². The maximum absolute atomic E-state index is 13.7. The minimum Gasteiger partial charge on any atom is -0.379 e. The molecule has 0 aliphatic carbocycles. The summed E-state index contributed by atoms with van der Waals surface area (Å²) in [4.78, 5) is 15.6. The fraction of sp³-hybridized carbons (Fsp3) is 0.938. The van der Waals surface area contributed by atoms with E-state index in [-0.39, 0.29) is 37.5 Å². The van der Waals surface area contributed by atoms with Crippen molar-refractivity contribution in [3.63, 3.8) is 0 Å². The van der Waals surface area contributed by atoms with E-state index in [4.69, 9.17) is 4.74 Å². The molecule has 3 heterocycles. The number of carbonyl (C=O) groups excluding carboxylic acids is 1. The number of nitrogens with zero attached hydrogens (tertiary/aromatic N) is 3. The van der Waals surface area contributed by atoms with Crippen molar-refractivity contribution in [3.05, 3.63) is 0 Å². The van der Waals surface area contributed by atoms with E-state index < -0.39 is 35.0 Å². The molecule has 8 nitrogen and oxygen atoms in total. The lowest BCUT2D eigenvalue weighted by Gasteiger charge is -2.49. The molecule has 3 aliphatic heterocycles. The van der Waals surface area contributed by atoms with Gasteiger partial charge in [0.15, 0.2) is 0 Å². The number of rotatable bonds is 3. The van der Waals surface area contributed by atoms with E-state index in [0.717, 1.165) is 10.6 Å². The van der Waals surface area contributed by atoms with E-state index >= 15 is 0 Å². The SMILES string of the molecule is C[C@@H]1COCCN1C1CC(=O)NC(N2CCN(S(C)(=O)=O)C[C@H]2C(F)(F)F)C1. The number of amides is 1. The Hall–Kier alpha value is -0.950. The number of carbonyl (C=O) groups is 1. The van der Waals surface area contributed by atoms with Crippen LogP contribution in [0.25, 0.3) is 0 Å². The van der Waals surface area contributed by atoms with E-state index in [1.807, 2.05) is 6.92 Å². The summed E-state index contributed by atoms with van der Waals surface area (Å²) in [5.41, 5.74) is 0. The number of piperazine rings is 1. The molecule has 0 bridgehead atoms. The third-order valence-electron chi connectivity index (χ3n) is 5.76. The first kappa shape index (κ1) is 21.8. The molecule has 162 valence electrons. The van der Waals surface area contributed by atoms with Crippen LogP contribution in [0.3, 0.4) is 0 Å². The Balaban J connectivity index is 1.78. The fourth-order valence-electron chi connectivity index (χ4n) is 4.35. The van der Waals surface area contributed by atoms with Crippen LogP contribution in [0.2, 0.25) is 0 Å². The highest BCUT2D eigenvalue weighted by Crippen LogP contribution is 2.32. The van der Waals surface area contributed by atoms with Gasteiger partial charge in [0.1, 0.15) is 6.04 Å². The lowest BCUT2D eigenvalue weighted by molar-refractivity contribution is -0.203. The Morgan fingerprint density at radius 1 is 1.18 bits per heavy atom. The zero-order valence-electron chi connectivity index (χ0n) is 16.0. The molecule has 4 atom stereocenters. The molecule has 3 saturated heterocycles. The van der Waals surface area contributed by atoms with Gasteiger partial charge in [0.2, 0.25) is 15.9 Å². The maximum atomic E-state index is 13.7. The largest absolute Gasteiger partial charge is 0.405 e. The second kappa shape index (κ2) is 8.05. The van der Waals surface area contributed by atoms with Crippen molar-refractivity contribution in [1.82, 2.24) is 19.4 Å². The number of alkyl halides is 3. The van der Waals surface area contributed by atoms with Crippen LogP contribution >= 0.6 is 0 Å². The molecule has 0 spiro atoms. The molecule has 1 N–H and O–H groups in total. The van der Waals surface area contributed by atoms with Gasteiger partial charge in [0.05, 0.1) is 25.6 Å². The Morgan fingerprint density at radius 2 is 1.89 bits per heavy atom. The van der Waals surface area contributed by atoms with Crippen molar-refractivity contribution in [1.29, 1.82) is 0 Å². The highest BCUT2D eigenvalue weighted by atomic mass is 32.2. The first-order valence-electron chi connectivity index (χ1n) is 9.37. The van der Waals surface area contributed by atoms with Gasteiger partial charge < -0.3 is 10.1 Å². The van der Waals surface area contributed by atoms with Gasteiger partial charge in [-0.2, -0.15) is 17.5 Å². The van der Waals surface area contributed by atoms with Crippen LogP contribution in [-0.4, -0.2) is 105 Å². The average Bonchev–Trinajstić information content (AvgIpc) is 2.59.